The lowest BCUT2D eigenvalue weighted by molar-refractivity contribution is 0.0942. The number of ether oxygens (including phenoxy) is 2. The molecule has 1 aliphatic heterocycles. The van der Waals surface area contributed by atoms with E-state index in [1.54, 1.807) is 6.07 Å². The van der Waals surface area contributed by atoms with Crippen LogP contribution >= 0.6 is 0 Å². The van der Waals surface area contributed by atoms with E-state index in [0.29, 0.717) is 42.5 Å². The Bertz CT molecular complexity index is 1050. The summed E-state index contributed by atoms with van der Waals surface area (Å²) in [6.45, 7) is 1.32. The second kappa shape index (κ2) is 8.54. The third kappa shape index (κ3) is 4.13. The van der Waals surface area contributed by atoms with Crippen LogP contribution in [0.5, 0.6) is 11.5 Å². The second-order valence-electron chi connectivity index (χ2n) is 7.26. The zero-order valence-corrected chi connectivity index (χ0v) is 16.8. The van der Waals surface area contributed by atoms with Crippen molar-refractivity contribution < 1.29 is 18.7 Å². The molecule has 0 aliphatic carbocycles. The topological polar surface area (TPSA) is 79.5 Å². The molecule has 4 rings (SSSR count). The second-order valence-corrected chi connectivity index (χ2v) is 7.26. The largest absolute Gasteiger partial charge is 0.486 e. The maximum absolute atomic E-state index is 13.6. The molecular weight excluding hydrogens is 387 g/mol. The average Bonchev–Trinajstić information content (AvgIpc) is 3.23. The molecule has 1 aliphatic rings. The molecule has 0 bridgehead atoms. The molecule has 1 aromatic heterocycles. The van der Waals surface area contributed by atoms with E-state index in [-0.39, 0.29) is 17.8 Å². The molecule has 7 nitrogen and oxygen atoms in total. The summed E-state index contributed by atoms with van der Waals surface area (Å²) in [5.41, 5.74) is 2.58. The number of rotatable bonds is 6. The van der Waals surface area contributed by atoms with Gasteiger partial charge in [-0.15, -0.1) is 0 Å². The van der Waals surface area contributed by atoms with E-state index in [9.17, 15) is 9.18 Å². The first kappa shape index (κ1) is 19.9. The molecule has 2 N–H and O–H groups in total. The van der Waals surface area contributed by atoms with Crippen molar-refractivity contribution in [1.29, 1.82) is 0 Å². The lowest BCUT2D eigenvalue weighted by Crippen LogP contribution is -2.34. The van der Waals surface area contributed by atoms with Crippen LogP contribution in [0.4, 0.5) is 4.39 Å². The Morgan fingerprint density at radius 2 is 2.00 bits per heavy atom. The number of amides is 1. The number of nitrogens with one attached hydrogen (secondary N) is 2. The molecule has 3 aromatic rings. The molecule has 0 spiro atoms. The van der Waals surface area contributed by atoms with Gasteiger partial charge in [-0.1, -0.05) is 12.1 Å². The summed E-state index contributed by atoms with van der Waals surface area (Å²) < 4.78 is 24.8. The molecule has 1 amide bonds. The zero-order valence-electron chi connectivity index (χ0n) is 16.8. The van der Waals surface area contributed by atoms with Gasteiger partial charge in [0, 0.05) is 12.1 Å². The van der Waals surface area contributed by atoms with Crippen molar-refractivity contribution >= 4 is 5.91 Å². The fourth-order valence-corrected chi connectivity index (χ4v) is 3.47. The van der Waals surface area contributed by atoms with Crippen LogP contribution in [0.3, 0.4) is 0 Å². The number of hydrogen-bond donors (Lipinski definition) is 2. The fourth-order valence-electron chi connectivity index (χ4n) is 3.47. The van der Waals surface area contributed by atoms with E-state index >= 15 is 0 Å². The van der Waals surface area contributed by atoms with Crippen molar-refractivity contribution in [3.8, 4) is 22.8 Å². The molecule has 156 valence electrons. The number of aromatic amines is 1. The SMILES string of the molecule is CN(C)[C@@H](CNC(=O)c1cn[nH]c1-c1ccc2c(c1)OCCO2)c1cccc(F)c1. The summed E-state index contributed by atoms with van der Waals surface area (Å²) in [4.78, 5) is 14.8. The van der Waals surface area contributed by atoms with Gasteiger partial charge in [0.2, 0.25) is 0 Å². The Labute approximate surface area is 173 Å². The van der Waals surface area contributed by atoms with Crippen LogP contribution in [0.2, 0.25) is 0 Å². The van der Waals surface area contributed by atoms with E-state index in [1.807, 2.05) is 43.3 Å². The van der Waals surface area contributed by atoms with Gasteiger partial charge in [-0.25, -0.2) is 4.39 Å². The van der Waals surface area contributed by atoms with Crippen molar-refractivity contribution in [3.05, 3.63) is 65.6 Å². The van der Waals surface area contributed by atoms with Gasteiger partial charge >= 0.3 is 0 Å². The summed E-state index contributed by atoms with van der Waals surface area (Å²) in [5.74, 6) is 0.746. The quantitative estimate of drug-likeness (QED) is 0.653. The van der Waals surface area contributed by atoms with Crippen LogP contribution in [-0.4, -0.2) is 54.9 Å². The summed E-state index contributed by atoms with van der Waals surface area (Å²) in [6.07, 6.45) is 1.49. The number of fused-ring (bicyclic) bond motifs is 1. The molecule has 0 radical (unpaired) electrons. The number of carbonyl (C=O) groups is 1. The van der Waals surface area contributed by atoms with Crippen LogP contribution < -0.4 is 14.8 Å². The van der Waals surface area contributed by atoms with Crippen LogP contribution in [0.25, 0.3) is 11.3 Å². The maximum atomic E-state index is 13.6. The van der Waals surface area contributed by atoms with E-state index < -0.39 is 0 Å². The highest BCUT2D eigenvalue weighted by Crippen LogP contribution is 2.34. The molecule has 2 aromatic carbocycles. The van der Waals surface area contributed by atoms with Crippen molar-refractivity contribution in [2.45, 2.75) is 6.04 Å². The molecular formula is C22H23FN4O3. The first-order valence-electron chi connectivity index (χ1n) is 9.66. The minimum atomic E-state index is -0.304. The number of aromatic nitrogens is 2. The molecule has 0 saturated carbocycles. The molecule has 30 heavy (non-hydrogen) atoms. The third-order valence-corrected chi connectivity index (χ3v) is 5.03. The van der Waals surface area contributed by atoms with Crippen LogP contribution in [0.15, 0.2) is 48.7 Å². The monoisotopic (exact) mass is 410 g/mol. The molecule has 8 heteroatoms. The number of benzene rings is 2. The Kier molecular flexibility index (Phi) is 5.67. The van der Waals surface area contributed by atoms with Crippen molar-refractivity contribution in [1.82, 2.24) is 20.4 Å². The Hall–Kier alpha value is -3.39. The van der Waals surface area contributed by atoms with Gasteiger partial charge in [0.1, 0.15) is 19.0 Å². The predicted octanol–water partition coefficient (Wildman–Crippen LogP) is 3.02. The zero-order chi connectivity index (χ0) is 21.1. The van der Waals surface area contributed by atoms with Gasteiger partial charge in [-0.3, -0.25) is 9.89 Å². The Balaban J connectivity index is 1.52. The van der Waals surface area contributed by atoms with Crippen molar-refractivity contribution in [2.24, 2.45) is 0 Å². The highest BCUT2D eigenvalue weighted by molar-refractivity contribution is 5.99. The standard InChI is InChI=1S/C22H23FN4O3/c1-27(2)18(14-4-3-5-16(23)10-14)13-24-22(28)17-12-25-26-21(17)15-6-7-19-20(11-15)30-9-8-29-19/h3-7,10-12,18H,8-9,13H2,1-2H3,(H,24,28)(H,25,26)/t18-/m0/s1. The molecule has 0 fully saturated rings. The Morgan fingerprint density at radius 3 is 2.77 bits per heavy atom. The number of carbonyl (C=O) groups excluding carboxylic acids is 1. The molecule has 0 unspecified atom stereocenters. The average molecular weight is 410 g/mol. The number of halogens is 1. The first-order chi connectivity index (χ1) is 14.5. The van der Waals surface area contributed by atoms with E-state index in [2.05, 4.69) is 15.5 Å². The normalized spacial score (nSPS) is 13.9. The van der Waals surface area contributed by atoms with Gasteiger partial charge < -0.3 is 19.7 Å². The van der Waals surface area contributed by atoms with Gasteiger partial charge in [-0.2, -0.15) is 5.10 Å². The third-order valence-electron chi connectivity index (χ3n) is 5.03. The first-order valence-corrected chi connectivity index (χ1v) is 9.66. The van der Waals surface area contributed by atoms with Gasteiger partial charge in [0.25, 0.3) is 5.91 Å². The highest BCUT2D eigenvalue weighted by Gasteiger charge is 2.21. The maximum Gasteiger partial charge on any atom is 0.255 e. The van der Waals surface area contributed by atoms with E-state index in [1.165, 1.54) is 18.3 Å². The minimum absolute atomic E-state index is 0.172. The Morgan fingerprint density at radius 1 is 1.20 bits per heavy atom. The molecule has 1 atom stereocenters. The van der Waals surface area contributed by atoms with E-state index in [4.69, 9.17) is 9.47 Å². The summed E-state index contributed by atoms with van der Waals surface area (Å²) in [5, 5.41) is 9.88. The number of likely N-dealkylation sites (N-methyl/N-ethyl adjacent to an activating group) is 1. The van der Waals surface area contributed by atoms with E-state index in [0.717, 1.165) is 11.1 Å². The summed E-state index contributed by atoms with van der Waals surface area (Å²) in [6, 6.07) is 11.7. The lowest BCUT2D eigenvalue weighted by atomic mass is 10.0. The number of nitrogens with zero attached hydrogens (tertiary/aromatic N) is 2. The summed E-state index contributed by atoms with van der Waals surface area (Å²) in [7, 11) is 3.78. The molecule has 2 heterocycles. The predicted molar refractivity (Wildman–Crippen MR) is 110 cm³/mol. The van der Waals surface area contributed by atoms with Crippen LogP contribution in [-0.2, 0) is 0 Å². The smallest absolute Gasteiger partial charge is 0.255 e. The van der Waals surface area contributed by atoms with Crippen molar-refractivity contribution in [3.63, 3.8) is 0 Å². The number of hydrogen-bond acceptors (Lipinski definition) is 5. The van der Waals surface area contributed by atoms with Gasteiger partial charge in [-0.05, 0) is 50.0 Å². The molecule has 0 saturated heterocycles. The number of H-pyrrole nitrogens is 1. The van der Waals surface area contributed by atoms with Crippen LogP contribution in [0.1, 0.15) is 22.0 Å². The highest BCUT2D eigenvalue weighted by atomic mass is 19.1. The fraction of sp³-hybridized carbons (Fsp3) is 0.273. The lowest BCUT2D eigenvalue weighted by Gasteiger charge is -2.25. The van der Waals surface area contributed by atoms with Gasteiger partial charge in [0.15, 0.2) is 11.5 Å². The van der Waals surface area contributed by atoms with Crippen molar-refractivity contribution in [2.75, 3.05) is 33.9 Å². The van der Waals surface area contributed by atoms with Gasteiger partial charge in [0.05, 0.1) is 23.5 Å². The van der Waals surface area contributed by atoms with Crippen LogP contribution in [0, 0.1) is 5.82 Å². The summed E-state index contributed by atoms with van der Waals surface area (Å²) >= 11 is 0. The minimum Gasteiger partial charge on any atom is -0.486 e.